The van der Waals surface area contributed by atoms with Crippen LogP contribution in [0, 0.1) is 11.5 Å². The van der Waals surface area contributed by atoms with Gasteiger partial charge in [-0.1, -0.05) is 24.3 Å². The number of anilines is 1. The Balaban J connectivity index is 1.65. The summed E-state index contributed by atoms with van der Waals surface area (Å²) in [5.74, 6) is 0.746. The van der Waals surface area contributed by atoms with E-state index in [2.05, 4.69) is 21.7 Å². The molecule has 3 heterocycles. The molecule has 5 rings (SSSR count). The Labute approximate surface area is 162 Å². The molecule has 6 nitrogen and oxygen atoms in total. The Bertz CT molecular complexity index is 1100. The summed E-state index contributed by atoms with van der Waals surface area (Å²) < 4.78 is 7.10. The van der Waals surface area contributed by atoms with Crippen molar-refractivity contribution in [3.05, 3.63) is 77.4 Å². The molecule has 1 atom stereocenters. The number of nitriles is 1. The minimum atomic E-state index is -0.0852. The molecule has 1 aromatic heterocycles. The zero-order valence-electron chi connectivity index (χ0n) is 15.2. The van der Waals surface area contributed by atoms with Gasteiger partial charge in [0, 0.05) is 25.4 Å². The SMILES string of the molecule is N#COc1cccc(C(c2cc3c4c(c2)CCN4C(=O)CC3)n2ccnc2)c1. The maximum atomic E-state index is 12.2. The van der Waals surface area contributed by atoms with Gasteiger partial charge in [-0.2, -0.15) is 0 Å². The van der Waals surface area contributed by atoms with Crippen LogP contribution in [0.5, 0.6) is 5.75 Å². The highest BCUT2D eigenvalue weighted by atomic mass is 16.5. The molecule has 6 heteroatoms. The molecule has 3 aromatic rings. The van der Waals surface area contributed by atoms with Crippen molar-refractivity contribution in [3.8, 4) is 12.0 Å². The van der Waals surface area contributed by atoms with Gasteiger partial charge in [0.1, 0.15) is 5.75 Å². The lowest BCUT2D eigenvalue weighted by Gasteiger charge is -2.27. The second-order valence-corrected chi connectivity index (χ2v) is 7.16. The molecular weight excluding hydrogens is 352 g/mol. The van der Waals surface area contributed by atoms with E-state index >= 15 is 0 Å². The number of amides is 1. The Morgan fingerprint density at radius 3 is 2.75 bits per heavy atom. The maximum Gasteiger partial charge on any atom is 0.292 e. The molecule has 138 valence electrons. The van der Waals surface area contributed by atoms with E-state index in [1.54, 1.807) is 24.8 Å². The van der Waals surface area contributed by atoms with E-state index in [0.29, 0.717) is 12.2 Å². The molecule has 2 aliphatic heterocycles. The first-order valence-corrected chi connectivity index (χ1v) is 9.34. The van der Waals surface area contributed by atoms with E-state index in [9.17, 15) is 4.79 Å². The third kappa shape index (κ3) is 2.64. The van der Waals surface area contributed by atoms with Crippen molar-refractivity contribution in [1.82, 2.24) is 9.55 Å². The summed E-state index contributed by atoms with van der Waals surface area (Å²) in [5, 5.41) is 8.86. The van der Waals surface area contributed by atoms with Gasteiger partial charge in [0.05, 0.1) is 18.1 Å². The number of aromatic nitrogens is 2. The smallest absolute Gasteiger partial charge is 0.292 e. The van der Waals surface area contributed by atoms with Gasteiger partial charge in [-0.15, -0.1) is 5.26 Å². The van der Waals surface area contributed by atoms with Crippen molar-refractivity contribution in [1.29, 1.82) is 5.26 Å². The van der Waals surface area contributed by atoms with Crippen molar-refractivity contribution in [2.24, 2.45) is 0 Å². The van der Waals surface area contributed by atoms with Gasteiger partial charge >= 0.3 is 0 Å². The molecule has 0 saturated heterocycles. The van der Waals surface area contributed by atoms with E-state index in [-0.39, 0.29) is 11.9 Å². The highest BCUT2D eigenvalue weighted by molar-refractivity contribution is 5.98. The molecule has 0 radical (unpaired) electrons. The Morgan fingerprint density at radius 1 is 1.11 bits per heavy atom. The zero-order valence-corrected chi connectivity index (χ0v) is 15.2. The molecular formula is C22H18N4O2. The Kier molecular flexibility index (Phi) is 3.87. The van der Waals surface area contributed by atoms with Gasteiger partial charge in [0.2, 0.25) is 5.91 Å². The van der Waals surface area contributed by atoms with Crippen LogP contribution in [0.2, 0.25) is 0 Å². The zero-order chi connectivity index (χ0) is 19.1. The molecule has 0 bridgehead atoms. The average molecular weight is 370 g/mol. The fourth-order valence-electron chi connectivity index (χ4n) is 4.40. The van der Waals surface area contributed by atoms with Gasteiger partial charge in [-0.3, -0.25) is 4.79 Å². The fraction of sp³-hybridized carbons (Fsp3) is 0.227. The number of imidazole rings is 1. The van der Waals surface area contributed by atoms with Crippen molar-refractivity contribution in [2.45, 2.75) is 25.3 Å². The third-order valence-electron chi connectivity index (χ3n) is 5.55. The van der Waals surface area contributed by atoms with E-state index < -0.39 is 0 Å². The largest absolute Gasteiger partial charge is 0.388 e. The lowest BCUT2D eigenvalue weighted by molar-refractivity contribution is -0.118. The first-order chi connectivity index (χ1) is 13.7. The van der Waals surface area contributed by atoms with Crippen molar-refractivity contribution in [2.75, 3.05) is 11.4 Å². The van der Waals surface area contributed by atoms with Crippen LogP contribution in [0.3, 0.4) is 0 Å². The van der Waals surface area contributed by atoms with E-state index in [1.165, 1.54) is 11.1 Å². The summed E-state index contributed by atoms with van der Waals surface area (Å²) in [4.78, 5) is 18.4. The normalized spacial score (nSPS) is 15.8. The number of carbonyl (C=O) groups excluding carboxylic acids is 1. The molecule has 28 heavy (non-hydrogen) atoms. The lowest BCUT2D eigenvalue weighted by Crippen LogP contribution is -2.32. The van der Waals surface area contributed by atoms with Crippen LogP contribution in [-0.2, 0) is 17.6 Å². The topological polar surface area (TPSA) is 71.2 Å². The van der Waals surface area contributed by atoms with Crippen LogP contribution in [0.4, 0.5) is 5.69 Å². The van der Waals surface area contributed by atoms with Crippen LogP contribution >= 0.6 is 0 Å². The number of benzene rings is 2. The summed E-state index contributed by atoms with van der Waals surface area (Å²) in [6, 6.07) is 11.9. The van der Waals surface area contributed by atoms with Gasteiger partial charge < -0.3 is 14.2 Å². The fourth-order valence-corrected chi connectivity index (χ4v) is 4.40. The summed E-state index contributed by atoms with van der Waals surface area (Å²) >= 11 is 0. The third-order valence-corrected chi connectivity index (χ3v) is 5.55. The second kappa shape index (κ2) is 6.54. The molecule has 0 saturated carbocycles. The van der Waals surface area contributed by atoms with Gasteiger partial charge in [-0.25, -0.2) is 4.98 Å². The number of ether oxygens (including phenoxy) is 1. The van der Waals surface area contributed by atoms with Crippen LogP contribution in [0.1, 0.15) is 34.7 Å². The molecule has 0 N–H and O–H groups in total. The molecule has 1 unspecified atom stereocenters. The average Bonchev–Trinajstić information content (AvgIpc) is 3.37. The van der Waals surface area contributed by atoms with Crippen LogP contribution in [-0.4, -0.2) is 22.0 Å². The quantitative estimate of drug-likeness (QED) is 0.661. The molecule has 0 aliphatic carbocycles. The summed E-state index contributed by atoms with van der Waals surface area (Å²) in [7, 11) is 0. The molecule has 2 aromatic carbocycles. The minimum Gasteiger partial charge on any atom is -0.388 e. The number of rotatable bonds is 4. The van der Waals surface area contributed by atoms with Crippen LogP contribution in [0.25, 0.3) is 0 Å². The van der Waals surface area contributed by atoms with Crippen molar-refractivity contribution in [3.63, 3.8) is 0 Å². The predicted octanol–water partition coefficient (Wildman–Crippen LogP) is 3.22. The lowest BCUT2D eigenvalue weighted by atomic mass is 9.91. The number of hydrogen-bond acceptors (Lipinski definition) is 4. The summed E-state index contributed by atoms with van der Waals surface area (Å²) in [5.41, 5.74) is 5.75. The van der Waals surface area contributed by atoms with Gasteiger partial charge in [0.25, 0.3) is 6.26 Å². The Hall–Kier alpha value is -3.59. The Morgan fingerprint density at radius 2 is 1.96 bits per heavy atom. The van der Waals surface area contributed by atoms with Gasteiger partial charge in [0.15, 0.2) is 0 Å². The molecule has 0 fully saturated rings. The standard InChI is InChI=1S/C22H18N4O2/c23-13-28-19-3-1-2-15(12-19)21(25-9-7-24-14-25)18-10-16-4-5-20(27)26-8-6-17(11-18)22(16)26/h1-3,7,9-12,14,21H,4-6,8H2. The number of aryl methyl sites for hydroxylation is 1. The van der Waals surface area contributed by atoms with Crippen molar-refractivity contribution >= 4 is 11.6 Å². The predicted molar refractivity (Wildman–Crippen MR) is 103 cm³/mol. The number of hydrogen-bond donors (Lipinski definition) is 0. The van der Waals surface area contributed by atoms with E-state index in [0.717, 1.165) is 36.2 Å². The summed E-state index contributed by atoms with van der Waals surface area (Å²) in [6.45, 7) is 0.770. The first-order valence-electron chi connectivity index (χ1n) is 9.34. The highest BCUT2D eigenvalue weighted by Crippen LogP contribution is 2.40. The molecule has 1 amide bonds. The first kappa shape index (κ1) is 16.6. The highest BCUT2D eigenvalue weighted by Gasteiger charge is 2.32. The van der Waals surface area contributed by atoms with Crippen LogP contribution < -0.4 is 9.64 Å². The molecule has 2 aliphatic rings. The van der Waals surface area contributed by atoms with Crippen molar-refractivity contribution < 1.29 is 9.53 Å². The maximum absolute atomic E-state index is 12.2. The van der Waals surface area contributed by atoms with E-state index in [1.807, 2.05) is 29.3 Å². The number of carbonyl (C=O) groups is 1. The summed E-state index contributed by atoms with van der Waals surface area (Å²) in [6.07, 6.45) is 9.47. The van der Waals surface area contributed by atoms with Gasteiger partial charge in [-0.05, 0) is 47.2 Å². The second-order valence-electron chi connectivity index (χ2n) is 7.16. The monoisotopic (exact) mass is 370 g/mol. The van der Waals surface area contributed by atoms with E-state index in [4.69, 9.17) is 10.00 Å². The number of nitrogens with zero attached hydrogens (tertiary/aromatic N) is 4. The minimum absolute atomic E-state index is 0.0852. The molecule has 0 spiro atoms. The van der Waals surface area contributed by atoms with Crippen LogP contribution in [0.15, 0.2) is 55.1 Å².